The molecule has 0 atom stereocenters. The molecule has 0 fully saturated rings. The molecule has 2 amide bonds. The van der Waals surface area contributed by atoms with Crippen LogP contribution in [0.1, 0.15) is 11.1 Å². The summed E-state index contributed by atoms with van der Waals surface area (Å²) in [6.07, 6.45) is 0. The Morgan fingerprint density at radius 1 is 1.18 bits per heavy atom. The summed E-state index contributed by atoms with van der Waals surface area (Å²) >= 11 is 3.36. The number of carbonyl (C=O) groups is 1. The van der Waals surface area contributed by atoms with Crippen LogP contribution >= 0.6 is 15.9 Å². The van der Waals surface area contributed by atoms with Gasteiger partial charge in [-0.3, -0.25) is 0 Å². The minimum Gasteiger partial charge on any atom is -0.491 e. The molecule has 0 aliphatic rings. The van der Waals surface area contributed by atoms with Gasteiger partial charge in [-0.2, -0.15) is 0 Å². The molecule has 0 heterocycles. The van der Waals surface area contributed by atoms with Gasteiger partial charge >= 0.3 is 6.03 Å². The smallest absolute Gasteiger partial charge is 0.319 e. The van der Waals surface area contributed by atoms with Crippen molar-refractivity contribution in [3.05, 3.63) is 58.1 Å². The molecule has 2 N–H and O–H groups in total. The molecule has 22 heavy (non-hydrogen) atoms. The highest BCUT2D eigenvalue weighted by atomic mass is 79.9. The van der Waals surface area contributed by atoms with Gasteiger partial charge in [0.2, 0.25) is 0 Å². The fourth-order valence-corrected chi connectivity index (χ4v) is 2.35. The highest BCUT2D eigenvalue weighted by Gasteiger charge is 2.03. The van der Waals surface area contributed by atoms with Crippen molar-refractivity contribution in [2.75, 3.05) is 18.5 Å². The van der Waals surface area contributed by atoms with Crippen LogP contribution < -0.4 is 15.4 Å². The number of anilines is 1. The lowest BCUT2D eigenvalue weighted by Gasteiger charge is -2.12. The average molecular weight is 363 g/mol. The number of amides is 2. The zero-order chi connectivity index (χ0) is 15.9. The third-order valence-corrected chi connectivity index (χ3v) is 3.78. The minimum absolute atomic E-state index is 0.248. The molecule has 0 aliphatic heterocycles. The average Bonchev–Trinajstić information content (AvgIpc) is 2.48. The fraction of sp³-hybridized carbons (Fsp3) is 0.235. The second kappa shape index (κ2) is 7.84. The van der Waals surface area contributed by atoms with Crippen molar-refractivity contribution < 1.29 is 9.53 Å². The van der Waals surface area contributed by atoms with Crippen molar-refractivity contribution in [2.45, 2.75) is 13.8 Å². The van der Waals surface area contributed by atoms with E-state index in [1.807, 2.05) is 56.3 Å². The first-order chi connectivity index (χ1) is 10.6. The molecule has 0 radical (unpaired) electrons. The number of hydrogen-bond donors (Lipinski definition) is 2. The van der Waals surface area contributed by atoms with E-state index < -0.39 is 0 Å². The number of nitrogens with one attached hydrogen (secondary N) is 2. The SMILES string of the molecule is Cc1cccc(OCCNC(=O)Nc2cccc(Br)c2)c1C. The first-order valence-corrected chi connectivity index (χ1v) is 7.85. The maximum absolute atomic E-state index is 11.8. The third kappa shape index (κ3) is 4.77. The largest absolute Gasteiger partial charge is 0.491 e. The number of rotatable bonds is 5. The first kappa shape index (κ1) is 16.4. The Kier molecular flexibility index (Phi) is 5.83. The second-order valence-electron chi connectivity index (χ2n) is 4.94. The summed E-state index contributed by atoms with van der Waals surface area (Å²) in [5, 5.41) is 5.53. The van der Waals surface area contributed by atoms with E-state index in [1.54, 1.807) is 0 Å². The molecule has 0 saturated heterocycles. The van der Waals surface area contributed by atoms with Crippen LogP contribution in [0.4, 0.5) is 10.5 Å². The summed E-state index contributed by atoms with van der Waals surface area (Å²) < 4.78 is 6.61. The van der Waals surface area contributed by atoms with E-state index in [2.05, 4.69) is 26.6 Å². The van der Waals surface area contributed by atoms with E-state index >= 15 is 0 Å². The van der Waals surface area contributed by atoms with Crippen LogP contribution in [0.3, 0.4) is 0 Å². The van der Waals surface area contributed by atoms with Crippen molar-refractivity contribution >= 4 is 27.6 Å². The maximum atomic E-state index is 11.8. The molecule has 2 rings (SSSR count). The van der Waals surface area contributed by atoms with Crippen LogP contribution in [0.2, 0.25) is 0 Å². The molecule has 0 unspecified atom stereocenters. The predicted molar refractivity (Wildman–Crippen MR) is 92.6 cm³/mol. The number of carbonyl (C=O) groups excluding carboxylic acids is 1. The van der Waals surface area contributed by atoms with E-state index in [0.717, 1.165) is 21.5 Å². The third-order valence-electron chi connectivity index (χ3n) is 3.28. The van der Waals surface area contributed by atoms with Crippen LogP contribution in [0, 0.1) is 13.8 Å². The summed E-state index contributed by atoms with van der Waals surface area (Å²) in [5.41, 5.74) is 3.06. The number of urea groups is 1. The molecule has 0 spiro atoms. The Balaban J connectivity index is 1.74. The number of ether oxygens (including phenoxy) is 1. The van der Waals surface area contributed by atoms with Gasteiger partial charge in [0.05, 0.1) is 6.54 Å². The highest BCUT2D eigenvalue weighted by Crippen LogP contribution is 2.20. The highest BCUT2D eigenvalue weighted by molar-refractivity contribution is 9.10. The molecule has 5 heteroatoms. The first-order valence-electron chi connectivity index (χ1n) is 7.05. The quantitative estimate of drug-likeness (QED) is 0.780. The van der Waals surface area contributed by atoms with Gasteiger partial charge in [0.15, 0.2) is 0 Å². The normalized spacial score (nSPS) is 10.1. The Labute approximate surface area is 139 Å². The van der Waals surface area contributed by atoms with Crippen LogP contribution in [-0.4, -0.2) is 19.2 Å². The van der Waals surface area contributed by atoms with Gasteiger partial charge in [0.25, 0.3) is 0 Å². The van der Waals surface area contributed by atoms with Gasteiger partial charge in [-0.15, -0.1) is 0 Å². The van der Waals surface area contributed by atoms with Crippen molar-refractivity contribution in [2.24, 2.45) is 0 Å². The summed E-state index contributed by atoms with van der Waals surface area (Å²) in [7, 11) is 0. The van der Waals surface area contributed by atoms with Gasteiger partial charge < -0.3 is 15.4 Å². The molecule has 0 aliphatic carbocycles. The summed E-state index contributed by atoms with van der Waals surface area (Å²) in [6.45, 7) is 4.94. The van der Waals surface area contributed by atoms with E-state index in [-0.39, 0.29) is 6.03 Å². The molecule has 2 aromatic carbocycles. The van der Waals surface area contributed by atoms with E-state index in [4.69, 9.17) is 4.74 Å². The summed E-state index contributed by atoms with van der Waals surface area (Å²) in [5.74, 6) is 0.856. The number of halogens is 1. The van der Waals surface area contributed by atoms with Gasteiger partial charge in [0, 0.05) is 10.2 Å². The van der Waals surface area contributed by atoms with Crippen LogP contribution in [0.25, 0.3) is 0 Å². The zero-order valence-electron chi connectivity index (χ0n) is 12.7. The fourth-order valence-electron chi connectivity index (χ4n) is 1.95. The Morgan fingerprint density at radius 3 is 2.73 bits per heavy atom. The van der Waals surface area contributed by atoms with E-state index in [1.165, 1.54) is 5.56 Å². The standard InChI is InChI=1S/C17H19BrN2O2/c1-12-5-3-8-16(13(12)2)22-10-9-19-17(21)20-15-7-4-6-14(18)11-15/h3-8,11H,9-10H2,1-2H3,(H2,19,20,21). The van der Waals surface area contributed by atoms with Crippen LogP contribution in [0.15, 0.2) is 46.9 Å². The maximum Gasteiger partial charge on any atom is 0.319 e. The van der Waals surface area contributed by atoms with E-state index in [0.29, 0.717) is 13.2 Å². The Hall–Kier alpha value is -2.01. The second-order valence-corrected chi connectivity index (χ2v) is 5.85. The summed E-state index contributed by atoms with van der Waals surface area (Å²) in [6, 6.07) is 13.1. The van der Waals surface area contributed by atoms with Crippen LogP contribution in [0.5, 0.6) is 5.75 Å². The topological polar surface area (TPSA) is 50.4 Å². The monoisotopic (exact) mass is 362 g/mol. The van der Waals surface area contributed by atoms with E-state index in [9.17, 15) is 4.79 Å². The zero-order valence-corrected chi connectivity index (χ0v) is 14.2. The Bertz CT molecular complexity index is 659. The molecule has 4 nitrogen and oxygen atoms in total. The number of aryl methyl sites for hydroxylation is 1. The number of benzene rings is 2. The van der Waals surface area contributed by atoms with Crippen LogP contribution in [-0.2, 0) is 0 Å². The molecular weight excluding hydrogens is 344 g/mol. The van der Waals surface area contributed by atoms with Crippen molar-refractivity contribution in [3.8, 4) is 5.75 Å². The molecular formula is C17H19BrN2O2. The number of hydrogen-bond acceptors (Lipinski definition) is 2. The van der Waals surface area contributed by atoms with Gasteiger partial charge in [0.1, 0.15) is 12.4 Å². The molecule has 2 aromatic rings. The molecule has 116 valence electrons. The van der Waals surface area contributed by atoms with Crippen molar-refractivity contribution in [3.63, 3.8) is 0 Å². The minimum atomic E-state index is -0.248. The van der Waals surface area contributed by atoms with Crippen molar-refractivity contribution in [1.29, 1.82) is 0 Å². The lowest BCUT2D eigenvalue weighted by molar-refractivity contribution is 0.247. The molecule has 0 bridgehead atoms. The van der Waals surface area contributed by atoms with Gasteiger partial charge in [-0.1, -0.05) is 34.1 Å². The lowest BCUT2D eigenvalue weighted by atomic mass is 10.1. The predicted octanol–water partition coefficient (Wildman–Crippen LogP) is 4.27. The van der Waals surface area contributed by atoms with Gasteiger partial charge in [-0.25, -0.2) is 4.79 Å². The lowest BCUT2D eigenvalue weighted by Crippen LogP contribution is -2.32. The van der Waals surface area contributed by atoms with Crippen molar-refractivity contribution in [1.82, 2.24) is 5.32 Å². The summed E-state index contributed by atoms with van der Waals surface area (Å²) in [4.78, 5) is 11.8. The molecule has 0 aromatic heterocycles. The molecule has 0 saturated carbocycles. The Morgan fingerprint density at radius 2 is 1.95 bits per heavy atom. The van der Waals surface area contributed by atoms with Gasteiger partial charge in [-0.05, 0) is 49.2 Å².